The van der Waals surface area contributed by atoms with Crippen molar-refractivity contribution in [3.8, 4) is 11.5 Å². The molecular formula is C10H11NO3. The zero-order valence-electron chi connectivity index (χ0n) is 7.87. The molecule has 0 fully saturated rings. The number of nitrogens with one attached hydrogen (secondary N) is 1. The monoisotopic (exact) mass is 193 g/mol. The lowest BCUT2D eigenvalue weighted by Gasteiger charge is -2.07. The molecule has 0 saturated carbocycles. The summed E-state index contributed by atoms with van der Waals surface area (Å²) < 4.78 is 5.06. The Hall–Kier alpha value is -1.71. The Labute approximate surface area is 81.8 Å². The Balaban J connectivity index is 2.31. The Morgan fingerprint density at radius 2 is 2.29 bits per heavy atom. The molecule has 1 aromatic carbocycles. The summed E-state index contributed by atoms with van der Waals surface area (Å²) in [6.07, 6.45) is 1.16. The molecule has 1 N–H and O–H groups in total. The van der Waals surface area contributed by atoms with Gasteiger partial charge in [-0.1, -0.05) is 6.07 Å². The van der Waals surface area contributed by atoms with E-state index in [1.54, 1.807) is 13.2 Å². The number of methoxy groups -OCH3 is 1. The minimum absolute atomic E-state index is 0.0971. The lowest BCUT2D eigenvalue weighted by atomic mass is 10.1. The Kier molecular flexibility index (Phi) is 2.26. The van der Waals surface area contributed by atoms with E-state index < -0.39 is 0 Å². The zero-order chi connectivity index (χ0) is 9.97. The normalized spacial score (nSPS) is 14.8. The Morgan fingerprint density at radius 3 is 3.07 bits per heavy atom. The van der Waals surface area contributed by atoms with Crippen molar-refractivity contribution in [3.05, 3.63) is 23.8 Å². The van der Waals surface area contributed by atoms with E-state index in [0.29, 0.717) is 18.6 Å². The second-order valence-electron chi connectivity index (χ2n) is 3.10. The third-order valence-corrected chi connectivity index (χ3v) is 2.17. The van der Waals surface area contributed by atoms with Crippen LogP contribution < -0.4 is 15.1 Å². The van der Waals surface area contributed by atoms with E-state index in [1.807, 2.05) is 12.1 Å². The Morgan fingerprint density at radius 1 is 1.43 bits per heavy atom. The first-order valence-corrected chi connectivity index (χ1v) is 4.42. The van der Waals surface area contributed by atoms with E-state index in [2.05, 4.69) is 5.48 Å². The summed E-state index contributed by atoms with van der Waals surface area (Å²) >= 11 is 0. The fraction of sp³-hybridized carbons (Fsp3) is 0.300. The molecule has 0 bridgehead atoms. The lowest BCUT2D eigenvalue weighted by molar-refractivity contribution is -0.127. The van der Waals surface area contributed by atoms with Gasteiger partial charge in [0.15, 0.2) is 5.75 Å². The van der Waals surface area contributed by atoms with E-state index in [1.165, 1.54) is 0 Å². The van der Waals surface area contributed by atoms with E-state index in [-0.39, 0.29) is 5.91 Å². The van der Waals surface area contributed by atoms with E-state index in [9.17, 15) is 4.79 Å². The predicted molar refractivity (Wildman–Crippen MR) is 50.1 cm³/mol. The van der Waals surface area contributed by atoms with Crippen LogP contribution >= 0.6 is 0 Å². The fourth-order valence-corrected chi connectivity index (χ4v) is 1.37. The number of fused-ring (bicyclic) bond motifs is 1. The van der Waals surface area contributed by atoms with Crippen LogP contribution in [0.3, 0.4) is 0 Å². The van der Waals surface area contributed by atoms with Crippen LogP contribution in [0.15, 0.2) is 18.2 Å². The number of rotatable bonds is 1. The number of carbonyl (C=O) groups is 1. The second kappa shape index (κ2) is 3.57. The molecule has 0 saturated heterocycles. The van der Waals surface area contributed by atoms with Crippen LogP contribution in [-0.2, 0) is 11.2 Å². The molecule has 0 atom stereocenters. The molecule has 1 heterocycles. The smallest absolute Gasteiger partial charge is 0.252 e. The van der Waals surface area contributed by atoms with Crippen LogP contribution in [0, 0.1) is 0 Å². The molecule has 4 heteroatoms. The third-order valence-electron chi connectivity index (χ3n) is 2.17. The van der Waals surface area contributed by atoms with Crippen molar-refractivity contribution in [1.82, 2.24) is 5.48 Å². The van der Waals surface area contributed by atoms with Gasteiger partial charge < -0.3 is 9.57 Å². The highest BCUT2D eigenvalue weighted by molar-refractivity contribution is 5.76. The molecule has 1 aliphatic rings. The van der Waals surface area contributed by atoms with Crippen LogP contribution in [0.5, 0.6) is 11.5 Å². The van der Waals surface area contributed by atoms with Crippen LogP contribution in [0.25, 0.3) is 0 Å². The number of amides is 1. The highest BCUT2D eigenvalue weighted by atomic mass is 16.7. The number of hydrogen-bond donors (Lipinski definition) is 1. The molecule has 2 rings (SSSR count). The molecular weight excluding hydrogens is 182 g/mol. The van der Waals surface area contributed by atoms with Gasteiger partial charge in [-0.2, -0.15) is 5.48 Å². The van der Waals surface area contributed by atoms with Gasteiger partial charge in [-0.15, -0.1) is 0 Å². The number of hydrogen-bond acceptors (Lipinski definition) is 3. The van der Waals surface area contributed by atoms with Crippen molar-refractivity contribution >= 4 is 5.91 Å². The quantitative estimate of drug-likeness (QED) is 0.725. The first kappa shape index (κ1) is 8.87. The first-order valence-electron chi connectivity index (χ1n) is 4.42. The number of benzene rings is 1. The molecule has 1 amide bonds. The van der Waals surface area contributed by atoms with Crippen LogP contribution in [0.4, 0.5) is 0 Å². The SMILES string of the molecule is COc1ccc2c(c1)ONC(=O)CC2. The van der Waals surface area contributed by atoms with Gasteiger partial charge >= 0.3 is 0 Å². The van der Waals surface area contributed by atoms with Crippen LogP contribution in [0.2, 0.25) is 0 Å². The van der Waals surface area contributed by atoms with Gasteiger partial charge in [-0.3, -0.25) is 4.79 Å². The van der Waals surface area contributed by atoms with Crippen molar-refractivity contribution in [3.63, 3.8) is 0 Å². The second-order valence-corrected chi connectivity index (χ2v) is 3.10. The maximum Gasteiger partial charge on any atom is 0.252 e. The first-order chi connectivity index (χ1) is 6.79. The molecule has 0 spiro atoms. The predicted octanol–water partition coefficient (Wildman–Crippen LogP) is 1.05. The largest absolute Gasteiger partial charge is 0.497 e. The topological polar surface area (TPSA) is 47.6 Å². The van der Waals surface area contributed by atoms with Crippen molar-refractivity contribution in [1.29, 1.82) is 0 Å². The van der Waals surface area contributed by atoms with E-state index >= 15 is 0 Å². The maximum absolute atomic E-state index is 11.0. The van der Waals surface area contributed by atoms with Gasteiger partial charge in [0.1, 0.15) is 5.75 Å². The number of aryl methyl sites for hydroxylation is 1. The fourth-order valence-electron chi connectivity index (χ4n) is 1.37. The molecule has 0 unspecified atom stereocenters. The molecule has 4 nitrogen and oxygen atoms in total. The molecule has 1 aromatic rings. The van der Waals surface area contributed by atoms with Gasteiger partial charge in [0.05, 0.1) is 7.11 Å². The number of hydroxylamine groups is 1. The molecule has 1 aliphatic heterocycles. The van der Waals surface area contributed by atoms with Gasteiger partial charge in [-0.25, -0.2) is 0 Å². The average molecular weight is 193 g/mol. The maximum atomic E-state index is 11.0. The molecule has 0 aromatic heterocycles. The minimum atomic E-state index is -0.0971. The summed E-state index contributed by atoms with van der Waals surface area (Å²) in [6, 6.07) is 5.54. The summed E-state index contributed by atoms with van der Waals surface area (Å²) in [7, 11) is 1.59. The third kappa shape index (κ3) is 1.64. The molecule has 0 radical (unpaired) electrons. The summed E-state index contributed by atoms with van der Waals surface area (Å²) in [4.78, 5) is 16.2. The zero-order valence-corrected chi connectivity index (χ0v) is 7.87. The van der Waals surface area contributed by atoms with E-state index in [0.717, 1.165) is 11.3 Å². The Bertz CT molecular complexity index is 362. The van der Waals surface area contributed by atoms with Crippen molar-refractivity contribution in [2.45, 2.75) is 12.8 Å². The van der Waals surface area contributed by atoms with Crippen molar-refractivity contribution in [2.75, 3.05) is 7.11 Å². The molecule has 0 aliphatic carbocycles. The summed E-state index contributed by atoms with van der Waals surface area (Å²) in [5.74, 6) is 1.29. The van der Waals surface area contributed by atoms with Gasteiger partial charge in [0.2, 0.25) is 0 Å². The summed E-state index contributed by atoms with van der Waals surface area (Å²) in [6.45, 7) is 0. The molecule has 74 valence electrons. The molecule has 14 heavy (non-hydrogen) atoms. The van der Waals surface area contributed by atoms with Crippen molar-refractivity contribution < 1.29 is 14.4 Å². The minimum Gasteiger partial charge on any atom is -0.497 e. The van der Waals surface area contributed by atoms with Gasteiger partial charge in [-0.05, 0) is 18.1 Å². The van der Waals surface area contributed by atoms with Crippen LogP contribution in [0.1, 0.15) is 12.0 Å². The highest BCUT2D eigenvalue weighted by Gasteiger charge is 2.14. The standard InChI is InChI=1S/C10H11NO3/c1-13-8-4-2-7-3-5-10(12)11-14-9(7)6-8/h2,4,6H,3,5H2,1H3,(H,11,12). The van der Waals surface area contributed by atoms with Crippen LogP contribution in [-0.4, -0.2) is 13.0 Å². The van der Waals surface area contributed by atoms with E-state index in [4.69, 9.17) is 9.57 Å². The van der Waals surface area contributed by atoms with Gasteiger partial charge in [0, 0.05) is 12.5 Å². The summed E-state index contributed by atoms with van der Waals surface area (Å²) in [5, 5.41) is 0. The van der Waals surface area contributed by atoms with Gasteiger partial charge in [0.25, 0.3) is 5.91 Å². The average Bonchev–Trinajstić information content (AvgIpc) is 2.40. The van der Waals surface area contributed by atoms with Crippen molar-refractivity contribution in [2.24, 2.45) is 0 Å². The number of ether oxygens (including phenoxy) is 1. The number of carbonyl (C=O) groups excluding carboxylic acids is 1. The summed E-state index contributed by atoms with van der Waals surface area (Å²) in [5.41, 5.74) is 3.38. The lowest BCUT2D eigenvalue weighted by Crippen LogP contribution is -2.24. The highest BCUT2D eigenvalue weighted by Crippen LogP contribution is 2.26.